The van der Waals surface area contributed by atoms with Gasteiger partial charge in [0, 0.05) is 29.7 Å². The molecule has 0 fully saturated rings. The second kappa shape index (κ2) is 10.7. The minimum absolute atomic E-state index is 0.0822. The summed E-state index contributed by atoms with van der Waals surface area (Å²) in [6, 6.07) is 17.3. The zero-order chi connectivity index (χ0) is 27.4. The van der Waals surface area contributed by atoms with Crippen molar-refractivity contribution >= 4 is 34.5 Å². The number of nitrogens with two attached hydrogens (primary N) is 2. The van der Waals surface area contributed by atoms with E-state index < -0.39 is 11.5 Å². The Kier molecular flexibility index (Phi) is 7.37. The summed E-state index contributed by atoms with van der Waals surface area (Å²) < 4.78 is 3.25. The average molecular weight is 511 g/mol. The summed E-state index contributed by atoms with van der Waals surface area (Å²) in [5.74, 6) is 5.92. The van der Waals surface area contributed by atoms with Gasteiger partial charge in [0.25, 0.3) is 11.5 Å². The van der Waals surface area contributed by atoms with Gasteiger partial charge in [0.15, 0.2) is 5.82 Å². The lowest BCUT2D eigenvalue weighted by atomic mass is 10.0. The Balaban J connectivity index is 0.000000216. The Morgan fingerprint density at radius 2 is 1.92 bits per heavy atom. The standard InChI is InChI=1S/C22H21NO2.C7H9N5O/c1-4-18-15-17-10-8-9-16(13-14-22(2,3)25)20(17)21(24)23(18)19-11-6-5-7-12-19;8-5-4(6(9)13)7-10-2-1-3-12(7)11-5/h5-12,15,25H,4H2,1-3H3;1,3,10H,2H2,(H2,8,11)(H2,9,13). The van der Waals surface area contributed by atoms with Gasteiger partial charge in [0.2, 0.25) is 0 Å². The number of carbonyl (C=O) groups excluding carboxylic acids is 1. The Morgan fingerprint density at radius 3 is 2.58 bits per heavy atom. The minimum atomic E-state index is -1.11. The maximum Gasteiger partial charge on any atom is 0.264 e. The second-order valence-corrected chi connectivity index (χ2v) is 9.23. The summed E-state index contributed by atoms with van der Waals surface area (Å²) in [5, 5.41) is 18.2. The van der Waals surface area contributed by atoms with Crippen molar-refractivity contribution in [3.05, 3.63) is 87.8 Å². The molecule has 194 valence electrons. The summed E-state index contributed by atoms with van der Waals surface area (Å²) >= 11 is 0. The van der Waals surface area contributed by atoms with Crippen LogP contribution in [0.1, 0.15) is 42.4 Å². The Hall–Kier alpha value is -4.81. The third-order valence-corrected chi connectivity index (χ3v) is 5.82. The molecule has 5 rings (SSSR count). The van der Waals surface area contributed by atoms with Gasteiger partial charge in [-0.1, -0.05) is 49.1 Å². The van der Waals surface area contributed by atoms with Gasteiger partial charge < -0.3 is 21.9 Å². The third-order valence-electron chi connectivity index (χ3n) is 5.82. The number of hydrogen-bond donors (Lipinski definition) is 4. The number of anilines is 2. The first-order valence-corrected chi connectivity index (χ1v) is 12.2. The zero-order valence-corrected chi connectivity index (χ0v) is 21.5. The maximum absolute atomic E-state index is 13.3. The monoisotopic (exact) mass is 510 g/mol. The number of hydrogen-bond acceptors (Lipinski definition) is 6. The molecule has 1 aliphatic heterocycles. The van der Waals surface area contributed by atoms with Gasteiger partial charge >= 0.3 is 0 Å². The quantitative estimate of drug-likeness (QED) is 0.312. The molecule has 38 heavy (non-hydrogen) atoms. The number of aromatic nitrogens is 3. The Morgan fingerprint density at radius 1 is 1.18 bits per heavy atom. The SMILES string of the molecule is CCc1cc2cccc(C#CC(C)(C)O)c2c(=O)n1-c1ccccc1.NC(=O)c1c(N)nn2c1NCC=C2. The molecule has 0 spiro atoms. The molecule has 2 aromatic heterocycles. The van der Waals surface area contributed by atoms with Crippen LogP contribution in [0, 0.1) is 11.8 Å². The molecule has 1 aliphatic rings. The number of aryl methyl sites for hydroxylation is 1. The van der Waals surface area contributed by atoms with Crippen LogP contribution in [-0.2, 0) is 6.42 Å². The van der Waals surface area contributed by atoms with Gasteiger partial charge in [-0.05, 0) is 56.0 Å². The summed E-state index contributed by atoms with van der Waals surface area (Å²) in [4.78, 5) is 24.3. The number of aliphatic hydroxyl groups is 1. The van der Waals surface area contributed by atoms with E-state index in [1.165, 1.54) is 4.68 Å². The molecular weight excluding hydrogens is 480 g/mol. The molecule has 4 aromatic rings. The largest absolute Gasteiger partial charge is 0.381 e. The third kappa shape index (κ3) is 5.45. The smallest absolute Gasteiger partial charge is 0.264 e. The van der Waals surface area contributed by atoms with Gasteiger partial charge in [0.05, 0.1) is 5.39 Å². The van der Waals surface area contributed by atoms with Crippen LogP contribution in [0.3, 0.4) is 0 Å². The lowest BCUT2D eigenvalue weighted by molar-refractivity contribution is 0.100. The second-order valence-electron chi connectivity index (χ2n) is 9.23. The van der Waals surface area contributed by atoms with Crippen LogP contribution >= 0.6 is 0 Å². The van der Waals surface area contributed by atoms with Gasteiger partial charge in [-0.15, -0.1) is 5.10 Å². The fraction of sp³-hybridized carbons (Fsp3) is 0.207. The van der Waals surface area contributed by atoms with Crippen LogP contribution in [0.4, 0.5) is 11.6 Å². The van der Waals surface area contributed by atoms with Crippen molar-refractivity contribution in [3.8, 4) is 17.5 Å². The number of carbonyl (C=O) groups is 1. The van der Waals surface area contributed by atoms with E-state index in [0.717, 1.165) is 23.2 Å². The molecule has 9 nitrogen and oxygen atoms in total. The average Bonchev–Trinajstić information content (AvgIpc) is 3.23. The molecule has 1 amide bonds. The first kappa shape index (κ1) is 26.3. The van der Waals surface area contributed by atoms with Crippen molar-refractivity contribution in [1.29, 1.82) is 0 Å². The fourth-order valence-corrected chi connectivity index (χ4v) is 4.14. The van der Waals surface area contributed by atoms with Crippen molar-refractivity contribution in [3.63, 3.8) is 0 Å². The van der Waals surface area contributed by atoms with Crippen molar-refractivity contribution in [1.82, 2.24) is 14.3 Å². The first-order chi connectivity index (χ1) is 18.1. The molecule has 0 aliphatic carbocycles. The lowest BCUT2D eigenvalue weighted by Gasteiger charge is -2.14. The number of para-hydroxylation sites is 1. The molecule has 9 heteroatoms. The number of benzene rings is 2. The number of nitrogens with one attached hydrogen (secondary N) is 1. The number of nitrogens with zero attached hydrogens (tertiary/aromatic N) is 3. The van der Waals surface area contributed by atoms with Gasteiger partial charge in [-0.25, -0.2) is 4.68 Å². The van der Waals surface area contributed by atoms with Crippen molar-refractivity contribution in [2.75, 3.05) is 17.6 Å². The summed E-state index contributed by atoms with van der Waals surface area (Å²) in [5.41, 5.74) is 12.2. The van der Waals surface area contributed by atoms with Gasteiger partial charge in [-0.3, -0.25) is 14.2 Å². The first-order valence-electron chi connectivity index (χ1n) is 12.2. The summed E-state index contributed by atoms with van der Waals surface area (Å²) in [6.07, 6.45) is 4.35. The van der Waals surface area contributed by atoms with E-state index in [2.05, 4.69) is 22.3 Å². The number of pyridine rings is 1. The number of rotatable bonds is 3. The topological polar surface area (TPSA) is 141 Å². The normalized spacial score (nSPS) is 12.0. The molecule has 0 saturated carbocycles. The van der Waals surface area contributed by atoms with E-state index in [-0.39, 0.29) is 16.9 Å². The minimum Gasteiger partial charge on any atom is -0.381 e. The number of fused-ring (bicyclic) bond motifs is 2. The van der Waals surface area contributed by atoms with Crippen molar-refractivity contribution in [2.45, 2.75) is 32.8 Å². The molecule has 0 unspecified atom stereocenters. The molecule has 2 aromatic carbocycles. The van der Waals surface area contributed by atoms with E-state index in [1.54, 1.807) is 24.6 Å². The Labute approximate surface area is 220 Å². The summed E-state index contributed by atoms with van der Waals surface area (Å²) in [6.45, 7) is 5.94. The highest BCUT2D eigenvalue weighted by Crippen LogP contribution is 2.23. The Bertz CT molecular complexity index is 1650. The van der Waals surface area contributed by atoms with Crippen molar-refractivity contribution < 1.29 is 9.90 Å². The molecule has 0 bridgehead atoms. The van der Waals surface area contributed by atoms with Crippen LogP contribution in [0.2, 0.25) is 0 Å². The fourth-order valence-electron chi connectivity index (χ4n) is 4.14. The molecule has 0 radical (unpaired) electrons. The highest BCUT2D eigenvalue weighted by molar-refractivity contribution is 6.02. The highest BCUT2D eigenvalue weighted by atomic mass is 16.3. The predicted molar refractivity (Wildman–Crippen MR) is 151 cm³/mol. The predicted octanol–water partition coefficient (Wildman–Crippen LogP) is 3.14. The highest BCUT2D eigenvalue weighted by Gasteiger charge is 2.20. The van der Waals surface area contributed by atoms with E-state index in [1.807, 2.05) is 67.6 Å². The van der Waals surface area contributed by atoms with Gasteiger partial charge in [-0.2, -0.15) is 0 Å². The van der Waals surface area contributed by atoms with E-state index >= 15 is 0 Å². The lowest BCUT2D eigenvalue weighted by Crippen LogP contribution is -2.22. The molecular formula is C29H30N6O3. The van der Waals surface area contributed by atoms with Crippen LogP contribution < -0.4 is 22.3 Å². The van der Waals surface area contributed by atoms with Gasteiger partial charge in [0.1, 0.15) is 17.0 Å². The molecule has 3 heterocycles. The van der Waals surface area contributed by atoms with Crippen LogP contribution in [0.25, 0.3) is 22.7 Å². The van der Waals surface area contributed by atoms with E-state index in [4.69, 9.17) is 11.5 Å². The van der Waals surface area contributed by atoms with E-state index in [0.29, 0.717) is 23.3 Å². The number of amides is 1. The van der Waals surface area contributed by atoms with Crippen molar-refractivity contribution in [2.24, 2.45) is 5.73 Å². The van der Waals surface area contributed by atoms with Crippen LogP contribution in [0.5, 0.6) is 0 Å². The summed E-state index contributed by atoms with van der Waals surface area (Å²) in [7, 11) is 0. The molecule has 0 atom stereocenters. The maximum atomic E-state index is 13.3. The molecule has 0 saturated heterocycles. The number of primary amides is 1. The zero-order valence-electron chi connectivity index (χ0n) is 21.5. The molecule has 6 N–H and O–H groups in total. The van der Waals surface area contributed by atoms with E-state index in [9.17, 15) is 14.7 Å². The van der Waals surface area contributed by atoms with Crippen LogP contribution in [0.15, 0.2) is 65.5 Å². The number of nitrogen functional groups attached to an aromatic ring is 1. The van der Waals surface area contributed by atoms with Crippen LogP contribution in [-0.4, -0.2) is 37.5 Å².